The summed E-state index contributed by atoms with van der Waals surface area (Å²) in [6.07, 6.45) is 3.26. The highest BCUT2D eigenvalue weighted by atomic mass is 32.1. The van der Waals surface area contributed by atoms with Crippen LogP contribution in [0.1, 0.15) is 18.4 Å². The summed E-state index contributed by atoms with van der Waals surface area (Å²) in [6, 6.07) is 7.45. The summed E-state index contributed by atoms with van der Waals surface area (Å²) < 4.78 is 10.1. The molecule has 2 nitrogen and oxygen atoms in total. The van der Waals surface area contributed by atoms with Crippen LogP contribution in [-0.2, 0) is 4.75 Å². The van der Waals surface area contributed by atoms with Crippen molar-refractivity contribution < 1.29 is 8.83 Å². The average molecular weight is 194 g/mol. The predicted octanol–water partition coefficient (Wildman–Crippen LogP) is 3.07. The molecule has 0 saturated heterocycles. The average Bonchev–Trinajstić information content (AvgIpc) is 2.78. The Morgan fingerprint density at radius 2 is 1.54 bits per heavy atom. The molecule has 3 heteroatoms. The van der Waals surface area contributed by atoms with E-state index in [0.717, 1.165) is 11.5 Å². The summed E-state index contributed by atoms with van der Waals surface area (Å²) >= 11 is 4.51. The molecule has 0 bridgehead atoms. The van der Waals surface area contributed by atoms with E-state index in [1.54, 1.807) is 12.5 Å². The molecule has 0 amide bonds. The summed E-state index contributed by atoms with van der Waals surface area (Å²) in [5.74, 6) is 1.57. The van der Waals surface area contributed by atoms with E-state index in [9.17, 15) is 0 Å². The molecule has 0 aliphatic carbocycles. The van der Waals surface area contributed by atoms with Gasteiger partial charge in [0.05, 0.1) is 12.5 Å². The van der Waals surface area contributed by atoms with E-state index in [1.807, 2.05) is 31.2 Å². The minimum absolute atomic E-state index is 0.493. The molecule has 0 aliphatic rings. The standard InChI is InChI=1S/C10H10O2S/c1-10(13,8-4-2-6-11-8)9-5-3-7-12-9/h2-7,13H,1H3. The zero-order chi connectivity index (χ0) is 9.31. The zero-order valence-electron chi connectivity index (χ0n) is 7.23. The van der Waals surface area contributed by atoms with Crippen LogP contribution in [-0.4, -0.2) is 0 Å². The van der Waals surface area contributed by atoms with Crippen LogP contribution in [0.25, 0.3) is 0 Å². The fraction of sp³-hybridized carbons (Fsp3) is 0.200. The van der Waals surface area contributed by atoms with Gasteiger partial charge in [0.2, 0.25) is 0 Å². The number of furan rings is 2. The maximum Gasteiger partial charge on any atom is 0.126 e. The van der Waals surface area contributed by atoms with Crippen LogP contribution >= 0.6 is 12.6 Å². The molecule has 2 aromatic rings. The van der Waals surface area contributed by atoms with Crippen LogP contribution in [0.3, 0.4) is 0 Å². The molecule has 13 heavy (non-hydrogen) atoms. The Morgan fingerprint density at radius 1 is 1.08 bits per heavy atom. The van der Waals surface area contributed by atoms with Crippen LogP contribution in [0.2, 0.25) is 0 Å². The first-order valence-corrected chi connectivity index (χ1v) is 4.46. The van der Waals surface area contributed by atoms with Gasteiger partial charge in [-0.05, 0) is 31.2 Å². The van der Waals surface area contributed by atoms with Gasteiger partial charge < -0.3 is 8.83 Å². The lowest BCUT2D eigenvalue weighted by molar-refractivity contribution is 0.421. The first kappa shape index (κ1) is 8.51. The molecule has 0 saturated carbocycles. The van der Waals surface area contributed by atoms with E-state index in [4.69, 9.17) is 8.83 Å². The monoisotopic (exact) mass is 194 g/mol. The second-order valence-corrected chi connectivity index (χ2v) is 3.92. The van der Waals surface area contributed by atoms with Gasteiger partial charge in [-0.25, -0.2) is 0 Å². The molecule has 0 radical (unpaired) electrons. The summed E-state index contributed by atoms with van der Waals surface area (Å²) in [6.45, 7) is 1.94. The SMILES string of the molecule is CC(S)(c1ccco1)c1ccco1. The van der Waals surface area contributed by atoms with Gasteiger partial charge >= 0.3 is 0 Å². The van der Waals surface area contributed by atoms with Gasteiger partial charge in [-0.15, -0.1) is 0 Å². The zero-order valence-corrected chi connectivity index (χ0v) is 8.12. The third kappa shape index (κ3) is 1.40. The van der Waals surface area contributed by atoms with E-state index < -0.39 is 4.75 Å². The summed E-state index contributed by atoms with van der Waals surface area (Å²) in [4.78, 5) is 0. The molecule has 2 heterocycles. The van der Waals surface area contributed by atoms with Crippen molar-refractivity contribution in [2.45, 2.75) is 11.7 Å². The molecular weight excluding hydrogens is 184 g/mol. The van der Waals surface area contributed by atoms with Crippen molar-refractivity contribution in [3.8, 4) is 0 Å². The molecular formula is C10H10O2S. The van der Waals surface area contributed by atoms with Crippen LogP contribution in [0.15, 0.2) is 45.6 Å². The second kappa shape index (κ2) is 3.00. The summed E-state index contributed by atoms with van der Waals surface area (Å²) in [5.41, 5.74) is 0. The van der Waals surface area contributed by atoms with Crippen molar-refractivity contribution in [1.29, 1.82) is 0 Å². The van der Waals surface area contributed by atoms with Crippen molar-refractivity contribution in [2.75, 3.05) is 0 Å². The number of thiol groups is 1. The van der Waals surface area contributed by atoms with E-state index in [2.05, 4.69) is 12.6 Å². The van der Waals surface area contributed by atoms with Gasteiger partial charge in [0.15, 0.2) is 0 Å². The van der Waals surface area contributed by atoms with E-state index in [0.29, 0.717) is 0 Å². The van der Waals surface area contributed by atoms with Gasteiger partial charge in [0.25, 0.3) is 0 Å². The fourth-order valence-electron chi connectivity index (χ4n) is 1.23. The van der Waals surface area contributed by atoms with Crippen molar-refractivity contribution in [2.24, 2.45) is 0 Å². The van der Waals surface area contributed by atoms with Gasteiger partial charge in [0.1, 0.15) is 16.3 Å². The lowest BCUT2D eigenvalue weighted by Gasteiger charge is -2.17. The first-order valence-electron chi connectivity index (χ1n) is 4.01. The minimum atomic E-state index is -0.493. The third-order valence-electron chi connectivity index (χ3n) is 2.00. The third-order valence-corrected chi connectivity index (χ3v) is 2.44. The van der Waals surface area contributed by atoms with Gasteiger partial charge in [0, 0.05) is 0 Å². The maximum atomic E-state index is 5.29. The normalized spacial score (nSPS) is 11.8. The summed E-state index contributed by atoms with van der Waals surface area (Å²) in [5, 5.41) is 0. The van der Waals surface area contributed by atoms with Crippen LogP contribution in [0.5, 0.6) is 0 Å². The first-order chi connectivity index (χ1) is 6.21. The van der Waals surface area contributed by atoms with Crippen molar-refractivity contribution in [3.05, 3.63) is 48.3 Å². The van der Waals surface area contributed by atoms with Crippen LogP contribution in [0, 0.1) is 0 Å². The molecule has 68 valence electrons. The van der Waals surface area contributed by atoms with E-state index >= 15 is 0 Å². The van der Waals surface area contributed by atoms with Gasteiger partial charge in [-0.1, -0.05) is 0 Å². The Hall–Kier alpha value is -1.09. The quantitative estimate of drug-likeness (QED) is 0.743. The highest BCUT2D eigenvalue weighted by Crippen LogP contribution is 2.35. The molecule has 2 aromatic heterocycles. The molecule has 2 rings (SSSR count). The largest absolute Gasteiger partial charge is 0.467 e. The van der Waals surface area contributed by atoms with Crippen molar-refractivity contribution in [1.82, 2.24) is 0 Å². The molecule has 0 N–H and O–H groups in total. The number of rotatable bonds is 2. The lowest BCUT2D eigenvalue weighted by atomic mass is 10.1. The maximum absolute atomic E-state index is 5.29. The topological polar surface area (TPSA) is 26.3 Å². The van der Waals surface area contributed by atoms with Gasteiger partial charge in [-0.3, -0.25) is 0 Å². The van der Waals surface area contributed by atoms with E-state index in [-0.39, 0.29) is 0 Å². The Bertz CT molecular complexity index is 323. The Morgan fingerprint density at radius 3 is 1.85 bits per heavy atom. The highest BCUT2D eigenvalue weighted by molar-refractivity contribution is 7.81. The molecule has 0 unspecified atom stereocenters. The Labute approximate surface area is 82.0 Å². The molecule has 0 aromatic carbocycles. The smallest absolute Gasteiger partial charge is 0.126 e. The number of hydrogen-bond acceptors (Lipinski definition) is 3. The molecule has 0 aliphatic heterocycles. The fourth-order valence-corrected chi connectivity index (χ4v) is 1.49. The van der Waals surface area contributed by atoms with Crippen molar-refractivity contribution in [3.63, 3.8) is 0 Å². The Kier molecular flexibility index (Phi) is 1.96. The van der Waals surface area contributed by atoms with Crippen LogP contribution in [0.4, 0.5) is 0 Å². The minimum Gasteiger partial charge on any atom is -0.467 e. The van der Waals surface area contributed by atoms with Gasteiger partial charge in [-0.2, -0.15) is 12.6 Å². The molecule has 0 fully saturated rings. The van der Waals surface area contributed by atoms with E-state index in [1.165, 1.54) is 0 Å². The molecule has 0 atom stereocenters. The predicted molar refractivity (Wildman–Crippen MR) is 52.9 cm³/mol. The highest BCUT2D eigenvalue weighted by Gasteiger charge is 2.29. The number of hydrogen-bond donors (Lipinski definition) is 1. The second-order valence-electron chi connectivity index (χ2n) is 3.03. The van der Waals surface area contributed by atoms with Crippen molar-refractivity contribution >= 4 is 12.6 Å². The Balaban J connectivity index is 2.42. The lowest BCUT2D eigenvalue weighted by Crippen LogP contribution is -2.13. The van der Waals surface area contributed by atoms with Crippen LogP contribution < -0.4 is 0 Å². The summed E-state index contributed by atoms with van der Waals surface area (Å²) in [7, 11) is 0. The molecule has 0 spiro atoms.